The highest BCUT2D eigenvalue weighted by molar-refractivity contribution is 7.07. The Kier molecular flexibility index (Phi) is 8.50. The summed E-state index contributed by atoms with van der Waals surface area (Å²) in [6.45, 7) is 6.56. The smallest absolute Gasteiger partial charge is 0.338 e. The van der Waals surface area contributed by atoms with Gasteiger partial charge in [-0.15, -0.1) is 0 Å². The second-order valence-electron chi connectivity index (χ2n) is 12.1. The number of carbonyl (C=O) groups is 1. The summed E-state index contributed by atoms with van der Waals surface area (Å²) in [5.41, 5.74) is 5.60. The average molecular weight is 656 g/mol. The van der Waals surface area contributed by atoms with Gasteiger partial charge in [-0.3, -0.25) is 9.36 Å². The van der Waals surface area contributed by atoms with Crippen molar-refractivity contribution >= 4 is 40.0 Å². The number of fused-ring (bicyclic) bond motifs is 2. The second kappa shape index (κ2) is 13.0. The zero-order valence-electron chi connectivity index (χ0n) is 26.9. The van der Waals surface area contributed by atoms with Crippen LogP contribution >= 0.6 is 11.3 Å². The molecule has 0 amide bonds. The molecule has 240 valence electrons. The van der Waals surface area contributed by atoms with E-state index in [2.05, 4.69) is 13.8 Å². The van der Waals surface area contributed by atoms with E-state index < -0.39 is 12.0 Å². The Morgan fingerprint density at radius 2 is 1.67 bits per heavy atom. The topological polar surface area (TPSA) is 65.6 Å². The number of nitrogens with zero attached hydrogens (tertiary/aromatic N) is 3. The summed E-state index contributed by atoms with van der Waals surface area (Å²) in [5, 5.41) is 0.942. The Hall–Kier alpha value is -5.34. The predicted molar refractivity (Wildman–Crippen MR) is 189 cm³/mol. The first-order chi connectivity index (χ1) is 23.3. The molecule has 0 N–H and O–H groups in total. The van der Waals surface area contributed by atoms with Gasteiger partial charge < -0.3 is 9.30 Å². The molecule has 1 aliphatic rings. The zero-order valence-corrected chi connectivity index (χ0v) is 27.7. The molecule has 0 fully saturated rings. The number of ether oxygens (including phenoxy) is 1. The highest BCUT2D eigenvalue weighted by Gasteiger charge is 2.35. The summed E-state index contributed by atoms with van der Waals surface area (Å²) in [5.74, 6) is -0.455. The van der Waals surface area contributed by atoms with Crippen LogP contribution in [0.4, 0.5) is 4.39 Å². The van der Waals surface area contributed by atoms with Crippen molar-refractivity contribution < 1.29 is 13.9 Å². The fourth-order valence-corrected chi connectivity index (χ4v) is 7.28. The van der Waals surface area contributed by atoms with Crippen molar-refractivity contribution in [2.75, 3.05) is 6.61 Å². The van der Waals surface area contributed by atoms with E-state index in [1.165, 1.54) is 17.4 Å². The molecule has 6 nitrogen and oxygen atoms in total. The fraction of sp³-hybridized carbons (Fsp3) is 0.175. The van der Waals surface area contributed by atoms with Crippen molar-refractivity contribution in [1.82, 2.24) is 9.13 Å². The Bertz CT molecular complexity index is 2370. The van der Waals surface area contributed by atoms with E-state index in [0.717, 1.165) is 33.2 Å². The summed E-state index contributed by atoms with van der Waals surface area (Å²) in [7, 11) is 0. The van der Waals surface area contributed by atoms with Gasteiger partial charge in [-0.2, -0.15) is 0 Å². The molecule has 1 aliphatic heterocycles. The number of esters is 1. The highest BCUT2D eigenvalue weighted by atomic mass is 32.1. The lowest BCUT2D eigenvalue weighted by molar-refractivity contribution is -0.138. The third-order valence-corrected chi connectivity index (χ3v) is 9.68. The zero-order chi connectivity index (χ0) is 33.4. The molecule has 3 heterocycles. The van der Waals surface area contributed by atoms with E-state index in [-0.39, 0.29) is 18.0 Å². The lowest BCUT2D eigenvalue weighted by atomic mass is 9.91. The minimum atomic E-state index is -0.749. The van der Waals surface area contributed by atoms with E-state index >= 15 is 0 Å². The van der Waals surface area contributed by atoms with Gasteiger partial charge in [0.15, 0.2) is 4.80 Å². The molecule has 8 heteroatoms. The molecule has 0 aliphatic carbocycles. The number of halogens is 1. The van der Waals surface area contributed by atoms with Crippen LogP contribution in [-0.2, 0) is 16.1 Å². The highest BCUT2D eigenvalue weighted by Crippen LogP contribution is 2.35. The normalized spacial score (nSPS) is 14.8. The Labute approximate surface area is 281 Å². The minimum Gasteiger partial charge on any atom is -0.463 e. The van der Waals surface area contributed by atoms with Crippen LogP contribution in [0.1, 0.15) is 60.5 Å². The van der Waals surface area contributed by atoms with Crippen molar-refractivity contribution in [1.29, 1.82) is 0 Å². The molecular weight excluding hydrogens is 622 g/mol. The molecule has 0 bridgehead atoms. The molecule has 1 atom stereocenters. The third-order valence-electron chi connectivity index (χ3n) is 8.70. The summed E-state index contributed by atoms with van der Waals surface area (Å²) in [6, 6.07) is 31.5. The van der Waals surface area contributed by atoms with E-state index in [9.17, 15) is 14.0 Å². The van der Waals surface area contributed by atoms with Crippen molar-refractivity contribution in [3.8, 4) is 0 Å². The lowest BCUT2D eigenvalue weighted by Gasteiger charge is -2.26. The van der Waals surface area contributed by atoms with Gasteiger partial charge in [-0.05, 0) is 42.2 Å². The third kappa shape index (κ3) is 5.73. The summed E-state index contributed by atoms with van der Waals surface area (Å²) < 4.78 is 24.3. The maximum atomic E-state index is 14.6. The van der Waals surface area contributed by atoms with Crippen molar-refractivity contribution in [2.45, 2.75) is 39.3 Å². The maximum absolute atomic E-state index is 14.6. The monoisotopic (exact) mass is 655 g/mol. The quantitative estimate of drug-likeness (QED) is 0.163. The van der Waals surface area contributed by atoms with Gasteiger partial charge >= 0.3 is 5.97 Å². The number of hydrogen-bond acceptors (Lipinski definition) is 5. The Morgan fingerprint density at radius 1 is 0.958 bits per heavy atom. The van der Waals surface area contributed by atoms with Crippen LogP contribution in [-0.4, -0.2) is 21.7 Å². The predicted octanol–water partition coefficient (Wildman–Crippen LogP) is 7.20. The second-order valence-corrected chi connectivity index (χ2v) is 13.1. The molecule has 4 aromatic carbocycles. The van der Waals surface area contributed by atoms with Crippen molar-refractivity contribution in [3.05, 3.63) is 168 Å². The summed E-state index contributed by atoms with van der Waals surface area (Å²) in [4.78, 5) is 33.7. The Morgan fingerprint density at radius 3 is 2.40 bits per heavy atom. The number of thiazole rings is 1. The minimum absolute atomic E-state index is 0.185. The van der Waals surface area contributed by atoms with Crippen molar-refractivity contribution in [3.63, 3.8) is 0 Å². The van der Waals surface area contributed by atoms with Crippen LogP contribution in [0.3, 0.4) is 0 Å². The van der Waals surface area contributed by atoms with Crippen LogP contribution in [0, 0.1) is 5.82 Å². The molecule has 48 heavy (non-hydrogen) atoms. The summed E-state index contributed by atoms with van der Waals surface area (Å²) >= 11 is 1.29. The molecule has 2 aromatic heterocycles. The fourth-order valence-electron chi connectivity index (χ4n) is 6.29. The molecule has 7 rings (SSSR count). The number of aromatic nitrogens is 2. The molecule has 0 spiro atoms. The summed E-state index contributed by atoms with van der Waals surface area (Å²) in [6.07, 6.45) is 3.83. The first-order valence-corrected chi connectivity index (χ1v) is 16.8. The van der Waals surface area contributed by atoms with Crippen LogP contribution in [0.25, 0.3) is 22.7 Å². The maximum Gasteiger partial charge on any atom is 0.338 e. The van der Waals surface area contributed by atoms with Gasteiger partial charge in [0.1, 0.15) is 5.82 Å². The standard InChI is InChI=1S/C40H34FN3O3S/c1-4-47-39(46)35-36(27-12-6-5-7-13-27)42-40-44(37(35)28-20-18-26(19-21-28)25(2)3)38(45)34(48-40)22-30-24-43(33-17-11-9-15-31(30)33)23-29-14-8-10-16-32(29)41/h5-22,24-25,37H,4,23H2,1-3H3/b34-22-/t37-/m0/s1. The number of carbonyl (C=O) groups excluding carboxylic acids is 1. The molecule has 0 radical (unpaired) electrons. The van der Waals surface area contributed by atoms with Gasteiger partial charge in [0.25, 0.3) is 5.56 Å². The number of hydrogen-bond donors (Lipinski definition) is 0. The lowest BCUT2D eigenvalue weighted by Crippen LogP contribution is -2.40. The first-order valence-electron chi connectivity index (χ1n) is 16.0. The van der Waals surface area contributed by atoms with Gasteiger partial charge in [-0.25, -0.2) is 14.2 Å². The van der Waals surface area contributed by atoms with Gasteiger partial charge in [0.05, 0.1) is 35.0 Å². The van der Waals surface area contributed by atoms with E-state index in [4.69, 9.17) is 9.73 Å². The number of para-hydroxylation sites is 1. The van der Waals surface area contributed by atoms with Crippen LogP contribution in [0.5, 0.6) is 0 Å². The molecule has 6 aromatic rings. The average Bonchev–Trinajstić information content (AvgIpc) is 3.61. The number of rotatable bonds is 8. The molecular formula is C40H34FN3O3S. The largest absolute Gasteiger partial charge is 0.463 e. The Balaban J connectivity index is 1.45. The van der Waals surface area contributed by atoms with Crippen LogP contribution in [0.15, 0.2) is 125 Å². The van der Waals surface area contributed by atoms with Gasteiger partial charge in [0, 0.05) is 33.8 Å². The van der Waals surface area contributed by atoms with Crippen LogP contribution < -0.4 is 14.9 Å². The molecule has 0 saturated carbocycles. The first kappa shape index (κ1) is 31.3. The van der Waals surface area contributed by atoms with E-state index in [1.807, 2.05) is 102 Å². The molecule has 0 saturated heterocycles. The van der Waals surface area contributed by atoms with Crippen molar-refractivity contribution in [2.24, 2.45) is 4.99 Å². The number of benzene rings is 4. The SMILES string of the molecule is CCOC(=O)C1=C(c2ccccc2)N=c2s/c(=C\c3cn(Cc4ccccc4F)c4ccccc34)c(=O)n2[C@H]1c1ccc(C(C)C)cc1. The van der Waals surface area contributed by atoms with Gasteiger partial charge in [0.2, 0.25) is 0 Å². The van der Waals surface area contributed by atoms with Gasteiger partial charge in [-0.1, -0.05) is 116 Å². The van der Waals surface area contributed by atoms with E-state index in [1.54, 1.807) is 23.6 Å². The van der Waals surface area contributed by atoms with Crippen LogP contribution in [0.2, 0.25) is 0 Å². The molecule has 0 unspecified atom stereocenters. The van der Waals surface area contributed by atoms with E-state index in [0.29, 0.717) is 38.6 Å².